The zero-order valence-electron chi connectivity index (χ0n) is 34.9. The molecule has 0 bridgehead atoms. The standard InChI is InChI=1S/4C9H18O3S2.Pt/c4*1-3-5-6-11-8(10-4-2)7-12-9(13)14;/h4*8H,3-7H2,1-2H3,(H,13,14);/q;;;;+4/p-4. The number of ether oxygens (including phenoxy) is 12. The first kappa shape index (κ1) is 66.9. The van der Waals surface area contributed by atoms with Crippen LogP contribution >= 0.6 is 48.9 Å². The van der Waals surface area contributed by atoms with Crippen LogP contribution in [0.3, 0.4) is 0 Å². The van der Waals surface area contributed by atoms with E-state index in [-0.39, 0.29) is 90.2 Å². The molecule has 0 fully saturated rings. The Morgan fingerprint density at radius 2 is 0.526 bits per heavy atom. The first-order chi connectivity index (χ1) is 26.8. The molecular formula is C36H68O12PtS8. The minimum atomic E-state index is -0.354. The molecule has 12 nitrogen and oxygen atoms in total. The fourth-order valence-electron chi connectivity index (χ4n) is 3.30. The Labute approximate surface area is 402 Å². The van der Waals surface area contributed by atoms with Crippen LogP contribution < -0.4 is 0 Å². The molecule has 0 aliphatic heterocycles. The predicted octanol–water partition coefficient (Wildman–Crippen LogP) is 8.05. The van der Waals surface area contributed by atoms with Gasteiger partial charge >= 0.3 is 21.1 Å². The molecule has 0 N–H and O–H groups in total. The Hall–Kier alpha value is 0.808. The summed E-state index contributed by atoms with van der Waals surface area (Å²) in [5.74, 6) is 0. The van der Waals surface area contributed by atoms with Crippen molar-refractivity contribution < 1.29 is 77.9 Å². The van der Waals surface area contributed by atoms with Gasteiger partial charge in [0, 0.05) is 70.4 Å². The molecule has 0 spiro atoms. The molecule has 0 heterocycles. The van der Waals surface area contributed by atoms with Gasteiger partial charge in [-0.05, 0) is 53.4 Å². The summed E-state index contributed by atoms with van der Waals surface area (Å²) in [6.07, 6.45) is 7.03. The molecule has 4 unspecified atom stereocenters. The van der Waals surface area contributed by atoms with Crippen LogP contribution in [-0.2, 0) is 128 Å². The molecule has 0 aromatic carbocycles. The number of hydrogen-bond acceptors (Lipinski definition) is 20. The minimum absolute atomic E-state index is 0. The summed E-state index contributed by atoms with van der Waals surface area (Å²) in [6.45, 7) is 22.2. The van der Waals surface area contributed by atoms with Crippen molar-refractivity contribution in [2.75, 3.05) is 79.3 Å². The second-order valence-corrected chi connectivity index (χ2v) is 14.7. The van der Waals surface area contributed by atoms with Crippen LogP contribution in [0.1, 0.15) is 107 Å². The average molecular weight is 1140 g/mol. The van der Waals surface area contributed by atoms with E-state index in [2.05, 4.69) is 127 Å². The summed E-state index contributed by atoms with van der Waals surface area (Å²) in [5, 5.41) is 0. The maximum absolute atomic E-state index is 5.42. The number of unbranched alkanes of at least 4 members (excludes halogenated alkanes) is 4. The van der Waals surface area contributed by atoms with Gasteiger partial charge < -0.3 is 156 Å². The van der Waals surface area contributed by atoms with Gasteiger partial charge in [-0.1, -0.05) is 53.4 Å². The number of thiocarbonyl (C=S) groups is 4. The Morgan fingerprint density at radius 3 is 0.649 bits per heavy atom. The quantitative estimate of drug-likeness (QED) is 0.0280. The zero-order valence-corrected chi connectivity index (χ0v) is 43.7. The fourth-order valence-corrected chi connectivity index (χ4v) is 3.85. The second kappa shape index (κ2) is 54.8. The molecule has 342 valence electrons. The van der Waals surface area contributed by atoms with E-state index in [1.165, 1.54) is 0 Å². The van der Waals surface area contributed by atoms with Crippen LogP contribution in [-0.4, -0.2) is 122 Å². The Balaban J connectivity index is -0.000000210. The van der Waals surface area contributed by atoms with Crippen molar-refractivity contribution in [1.29, 1.82) is 0 Å². The summed E-state index contributed by atoms with van der Waals surface area (Å²) in [4.78, 5) is 0. The van der Waals surface area contributed by atoms with E-state index < -0.39 is 0 Å². The summed E-state index contributed by atoms with van der Waals surface area (Å²) >= 11 is 36.9. The van der Waals surface area contributed by atoms with Gasteiger partial charge in [0.15, 0.2) is 25.2 Å². The van der Waals surface area contributed by atoms with E-state index >= 15 is 0 Å². The first-order valence-corrected chi connectivity index (χ1v) is 22.4. The monoisotopic (exact) mass is 1140 g/mol. The molecular weight excluding hydrogens is 1080 g/mol. The van der Waals surface area contributed by atoms with Gasteiger partial charge in [-0.3, -0.25) is 0 Å². The Kier molecular flexibility index (Phi) is 64.3. The van der Waals surface area contributed by atoms with Gasteiger partial charge in [0.05, 0.1) is 0 Å². The van der Waals surface area contributed by atoms with Gasteiger partial charge in [-0.25, -0.2) is 0 Å². The van der Waals surface area contributed by atoms with E-state index in [1.807, 2.05) is 27.7 Å². The molecule has 0 aliphatic rings. The molecule has 4 atom stereocenters. The fraction of sp³-hybridized carbons (Fsp3) is 0.889. The third-order valence-corrected chi connectivity index (χ3v) is 6.91. The maximum atomic E-state index is 5.42. The molecule has 0 rings (SSSR count). The van der Waals surface area contributed by atoms with Gasteiger partial charge in [0.2, 0.25) is 0 Å². The van der Waals surface area contributed by atoms with E-state index in [0.717, 1.165) is 51.4 Å². The minimum Gasteiger partial charge on any atom is -0.508 e. The SMILES string of the molecule is CCCCOC(COC(=S)[S-])OCC.CCCCOC(COC(=S)[S-])OCC.CCCCOC(COC(=S)[S-])OCC.CCCCOC(COC(=S)[S-])OCC.[Pt+4]. The maximum Gasteiger partial charge on any atom is 4.00 e. The van der Waals surface area contributed by atoms with Crippen LogP contribution in [0.25, 0.3) is 0 Å². The van der Waals surface area contributed by atoms with Crippen molar-refractivity contribution in [2.24, 2.45) is 0 Å². The molecule has 0 radical (unpaired) electrons. The molecule has 0 aromatic rings. The number of rotatable bonds is 32. The molecule has 0 amide bonds. The van der Waals surface area contributed by atoms with E-state index in [4.69, 9.17) is 56.8 Å². The first-order valence-electron chi connectivity index (χ1n) is 19.1. The summed E-state index contributed by atoms with van der Waals surface area (Å²) < 4.78 is 63.2. The van der Waals surface area contributed by atoms with Crippen LogP contribution in [0.5, 0.6) is 0 Å². The van der Waals surface area contributed by atoms with Crippen molar-refractivity contribution in [3.8, 4) is 0 Å². The van der Waals surface area contributed by atoms with Crippen molar-refractivity contribution in [3.05, 3.63) is 0 Å². The van der Waals surface area contributed by atoms with Crippen LogP contribution in [0.2, 0.25) is 0 Å². The van der Waals surface area contributed by atoms with E-state index in [0.29, 0.717) is 52.9 Å². The summed E-state index contributed by atoms with van der Waals surface area (Å²) in [5.41, 5.74) is 0. The zero-order chi connectivity index (χ0) is 43.2. The molecule has 57 heavy (non-hydrogen) atoms. The van der Waals surface area contributed by atoms with Gasteiger partial charge in [-0.2, -0.15) is 0 Å². The normalized spacial score (nSPS) is 12.2. The second-order valence-electron chi connectivity index (χ2n) is 10.7. The average Bonchev–Trinajstić information content (AvgIpc) is 3.15. The van der Waals surface area contributed by atoms with Gasteiger partial charge in [0.25, 0.3) is 0 Å². The molecule has 0 saturated carbocycles. The molecule has 0 aliphatic carbocycles. The van der Waals surface area contributed by atoms with Crippen molar-refractivity contribution in [1.82, 2.24) is 0 Å². The molecule has 21 heteroatoms. The Morgan fingerprint density at radius 1 is 0.351 bits per heavy atom. The summed E-state index contributed by atoms with van der Waals surface area (Å²) in [6, 6.07) is 0. The smallest absolute Gasteiger partial charge is 0.508 e. The Bertz CT molecular complexity index is 755. The summed E-state index contributed by atoms with van der Waals surface area (Å²) in [7, 11) is 0. The van der Waals surface area contributed by atoms with E-state index in [9.17, 15) is 0 Å². The van der Waals surface area contributed by atoms with Crippen LogP contribution in [0.4, 0.5) is 0 Å². The topological polar surface area (TPSA) is 111 Å². The molecule has 0 aromatic heterocycles. The largest absolute Gasteiger partial charge is 4.00 e. The third-order valence-electron chi connectivity index (χ3n) is 5.97. The third kappa shape index (κ3) is 61.2. The van der Waals surface area contributed by atoms with Crippen LogP contribution in [0, 0.1) is 0 Å². The molecule has 0 saturated heterocycles. The van der Waals surface area contributed by atoms with E-state index in [1.54, 1.807) is 0 Å². The van der Waals surface area contributed by atoms with Gasteiger partial charge in [0.1, 0.15) is 26.4 Å². The number of hydrogen-bond donors (Lipinski definition) is 0. The van der Waals surface area contributed by atoms with Crippen molar-refractivity contribution in [2.45, 2.75) is 132 Å². The van der Waals surface area contributed by atoms with Crippen LogP contribution in [0.15, 0.2) is 0 Å². The van der Waals surface area contributed by atoms with Gasteiger partial charge in [-0.15, -0.1) is 0 Å². The predicted molar refractivity (Wildman–Crippen MR) is 249 cm³/mol. The van der Waals surface area contributed by atoms with Crippen molar-refractivity contribution >= 4 is 117 Å². The van der Waals surface area contributed by atoms with Crippen molar-refractivity contribution in [3.63, 3.8) is 0 Å².